The number of hydrogen-bond acceptors (Lipinski definition) is 5. The predicted molar refractivity (Wildman–Crippen MR) is 119 cm³/mol. The number of benzene rings is 2. The van der Waals surface area contributed by atoms with Gasteiger partial charge >= 0.3 is 0 Å². The highest BCUT2D eigenvalue weighted by Crippen LogP contribution is 2.31. The normalized spacial score (nSPS) is 10.8. The van der Waals surface area contributed by atoms with Crippen molar-refractivity contribution in [1.29, 1.82) is 0 Å². The first kappa shape index (κ1) is 19.6. The fourth-order valence-corrected chi connectivity index (χ4v) is 3.36. The average Bonchev–Trinajstić information content (AvgIpc) is 2.80. The number of hydrogen-bond donors (Lipinski definition) is 1. The third-order valence-corrected chi connectivity index (χ3v) is 4.89. The van der Waals surface area contributed by atoms with Crippen LogP contribution in [0.4, 0.5) is 5.69 Å². The lowest BCUT2D eigenvalue weighted by Gasteiger charge is -2.18. The molecule has 4 rings (SSSR count). The largest absolute Gasteiger partial charge is 0.409 e. The van der Waals surface area contributed by atoms with E-state index in [1.165, 1.54) is 11.1 Å². The van der Waals surface area contributed by atoms with Crippen molar-refractivity contribution in [2.24, 2.45) is 0 Å². The van der Waals surface area contributed by atoms with Crippen molar-refractivity contribution >= 4 is 16.7 Å². The van der Waals surface area contributed by atoms with Crippen LogP contribution in [0.15, 0.2) is 78.0 Å². The van der Waals surface area contributed by atoms with E-state index in [0.717, 1.165) is 29.4 Å². The number of aromatic nitrogens is 3. The number of unbranched alkanes of at least 4 members (excludes halogenated alkanes) is 1. The predicted octanol–water partition coefficient (Wildman–Crippen LogP) is 4.30. The summed E-state index contributed by atoms with van der Waals surface area (Å²) in [6.07, 6.45) is 4.99. The van der Waals surface area contributed by atoms with Crippen LogP contribution >= 0.6 is 0 Å². The summed E-state index contributed by atoms with van der Waals surface area (Å²) in [6, 6.07) is 19.7. The topological polar surface area (TPSA) is 69.0 Å². The highest BCUT2D eigenvalue weighted by Gasteiger charge is 2.20. The maximum absolute atomic E-state index is 13.5. The van der Waals surface area contributed by atoms with Gasteiger partial charge in [0, 0.05) is 12.7 Å². The molecule has 6 heteroatoms. The van der Waals surface area contributed by atoms with Crippen LogP contribution < -0.4 is 15.7 Å². The summed E-state index contributed by atoms with van der Waals surface area (Å²) in [4.78, 5) is 28.0. The van der Waals surface area contributed by atoms with Crippen molar-refractivity contribution in [3.8, 4) is 11.1 Å². The molecular weight excluding hydrogens is 376 g/mol. The van der Waals surface area contributed by atoms with Crippen molar-refractivity contribution in [3.63, 3.8) is 0 Å². The molecule has 0 atom stereocenters. The van der Waals surface area contributed by atoms with E-state index >= 15 is 0 Å². The van der Waals surface area contributed by atoms with Gasteiger partial charge in [0.1, 0.15) is 12.9 Å². The van der Waals surface area contributed by atoms with Gasteiger partial charge in [0.05, 0.1) is 16.6 Å². The molecule has 0 bridgehead atoms. The number of anilines is 1. The zero-order valence-corrected chi connectivity index (χ0v) is 16.9. The molecule has 4 aromatic rings. The van der Waals surface area contributed by atoms with E-state index in [-0.39, 0.29) is 5.56 Å². The average molecular weight is 400 g/mol. The van der Waals surface area contributed by atoms with Gasteiger partial charge in [0.15, 0.2) is 5.65 Å². The molecule has 6 nitrogen and oxygen atoms in total. The maximum atomic E-state index is 13.5. The minimum Gasteiger partial charge on any atom is -0.409 e. The van der Waals surface area contributed by atoms with Crippen LogP contribution in [-0.2, 0) is 6.54 Å². The summed E-state index contributed by atoms with van der Waals surface area (Å²) in [5.74, 6) is 0. The second kappa shape index (κ2) is 9.22. The van der Waals surface area contributed by atoms with E-state index < -0.39 is 0 Å². The molecule has 2 heterocycles. The molecule has 30 heavy (non-hydrogen) atoms. The molecule has 0 aliphatic heterocycles. The molecule has 0 spiro atoms. The van der Waals surface area contributed by atoms with Gasteiger partial charge in [-0.15, -0.1) is 4.73 Å². The minimum atomic E-state index is -0.237. The molecule has 2 aromatic carbocycles. The smallest absolute Gasteiger partial charge is 0.295 e. The van der Waals surface area contributed by atoms with Crippen molar-refractivity contribution in [2.45, 2.75) is 26.3 Å². The lowest BCUT2D eigenvalue weighted by molar-refractivity contribution is 0.108. The zero-order valence-electron chi connectivity index (χ0n) is 16.9. The van der Waals surface area contributed by atoms with Crippen molar-refractivity contribution in [2.75, 3.05) is 11.9 Å². The molecule has 2 aromatic heterocycles. The standard InChI is InChI=1S/C24H24N4O2/c1-2-3-14-30-28-23-20(16-25-17-27-23)22(26-15-18-10-6-4-7-11-18)21(24(28)29)19-12-8-5-9-13-19/h4-13,16-17,26H,2-3,14-15H2,1H3. The third kappa shape index (κ3) is 4.03. The summed E-state index contributed by atoms with van der Waals surface area (Å²) >= 11 is 0. The number of nitrogens with zero attached hydrogens (tertiary/aromatic N) is 3. The Morgan fingerprint density at radius 1 is 1.03 bits per heavy atom. The number of fused-ring (bicyclic) bond motifs is 1. The van der Waals surface area contributed by atoms with Crippen LogP contribution in [0.3, 0.4) is 0 Å². The minimum absolute atomic E-state index is 0.237. The molecule has 0 amide bonds. The van der Waals surface area contributed by atoms with Gasteiger partial charge in [0.25, 0.3) is 5.56 Å². The summed E-state index contributed by atoms with van der Waals surface area (Å²) in [5.41, 5.74) is 3.41. The first-order valence-electron chi connectivity index (χ1n) is 10.1. The van der Waals surface area contributed by atoms with Gasteiger partial charge in [-0.05, 0) is 17.5 Å². The van der Waals surface area contributed by atoms with Gasteiger partial charge in [-0.2, -0.15) is 0 Å². The lowest BCUT2D eigenvalue weighted by Crippen LogP contribution is -2.30. The molecule has 0 saturated heterocycles. The van der Waals surface area contributed by atoms with E-state index in [2.05, 4.69) is 22.2 Å². The van der Waals surface area contributed by atoms with Crippen LogP contribution in [0, 0.1) is 0 Å². The number of nitrogens with one attached hydrogen (secondary N) is 1. The monoisotopic (exact) mass is 400 g/mol. The Morgan fingerprint density at radius 3 is 2.50 bits per heavy atom. The van der Waals surface area contributed by atoms with Gasteiger partial charge in [-0.1, -0.05) is 74.0 Å². The zero-order chi connectivity index (χ0) is 20.8. The first-order chi connectivity index (χ1) is 14.8. The second-order valence-electron chi connectivity index (χ2n) is 7.00. The number of rotatable bonds is 8. The van der Waals surface area contributed by atoms with Crippen LogP contribution in [0.2, 0.25) is 0 Å². The first-order valence-corrected chi connectivity index (χ1v) is 10.1. The lowest BCUT2D eigenvalue weighted by atomic mass is 10.0. The highest BCUT2D eigenvalue weighted by molar-refractivity contribution is 5.97. The van der Waals surface area contributed by atoms with Crippen LogP contribution in [0.1, 0.15) is 25.3 Å². The van der Waals surface area contributed by atoms with Crippen molar-refractivity contribution in [1.82, 2.24) is 14.7 Å². The van der Waals surface area contributed by atoms with Gasteiger partial charge in [-0.3, -0.25) is 4.79 Å². The molecule has 0 radical (unpaired) electrons. The van der Waals surface area contributed by atoms with E-state index in [1.54, 1.807) is 6.20 Å². The molecule has 0 unspecified atom stereocenters. The molecule has 0 saturated carbocycles. The summed E-state index contributed by atoms with van der Waals surface area (Å²) in [5, 5.41) is 4.20. The number of pyridine rings is 1. The van der Waals surface area contributed by atoms with Crippen LogP contribution in [0.5, 0.6) is 0 Å². The SMILES string of the molecule is CCCCOn1c(=O)c(-c2ccccc2)c(NCc2ccccc2)c2cncnc21. The van der Waals surface area contributed by atoms with Gasteiger partial charge in [-0.25, -0.2) is 9.97 Å². The van der Waals surface area contributed by atoms with Crippen LogP contribution in [-0.4, -0.2) is 21.3 Å². The fourth-order valence-electron chi connectivity index (χ4n) is 3.36. The quantitative estimate of drug-likeness (QED) is 0.447. The summed E-state index contributed by atoms with van der Waals surface area (Å²) < 4.78 is 1.31. The summed E-state index contributed by atoms with van der Waals surface area (Å²) in [7, 11) is 0. The van der Waals surface area contributed by atoms with Gasteiger partial charge in [0.2, 0.25) is 0 Å². The van der Waals surface area contributed by atoms with Crippen LogP contribution in [0.25, 0.3) is 22.2 Å². The second-order valence-corrected chi connectivity index (χ2v) is 7.00. The van der Waals surface area contributed by atoms with E-state index in [4.69, 9.17) is 4.84 Å². The fraction of sp³-hybridized carbons (Fsp3) is 0.208. The molecular formula is C24H24N4O2. The van der Waals surface area contributed by atoms with Gasteiger partial charge < -0.3 is 10.2 Å². The molecule has 0 aliphatic rings. The maximum Gasteiger partial charge on any atom is 0.295 e. The molecule has 0 fully saturated rings. The Labute approximate surface area is 175 Å². The molecule has 0 aliphatic carbocycles. The Bertz CT molecular complexity index is 1170. The van der Waals surface area contributed by atoms with Crippen molar-refractivity contribution in [3.05, 3.63) is 89.1 Å². The van der Waals surface area contributed by atoms with E-state index in [1.807, 2.05) is 60.7 Å². The Morgan fingerprint density at radius 2 is 1.77 bits per heavy atom. The Hall–Kier alpha value is -3.67. The van der Waals surface area contributed by atoms with E-state index in [9.17, 15) is 4.79 Å². The third-order valence-electron chi connectivity index (χ3n) is 4.89. The Balaban J connectivity index is 1.89. The highest BCUT2D eigenvalue weighted by atomic mass is 16.7. The van der Waals surface area contributed by atoms with Crippen molar-refractivity contribution < 1.29 is 4.84 Å². The Kier molecular flexibility index (Phi) is 6.03. The van der Waals surface area contributed by atoms with E-state index in [0.29, 0.717) is 30.0 Å². The molecule has 1 N–H and O–H groups in total. The summed E-state index contributed by atoms with van der Waals surface area (Å²) in [6.45, 7) is 3.10. The molecule has 152 valence electrons.